The Bertz CT molecular complexity index is 745. The normalized spacial score (nSPS) is 11.2. The summed E-state index contributed by atoms with van der Waals surface area (Å²) < 4.78 is 25.5. The molecule has 0 unspecified atom stereocenters. The van der Waals surface area contributed by atoms with Gasteiger partial charge in [-0.15, -0.1) is 11.8 Å². The lowest BCUT2D eigenvalue weighted by molar-refractivity contribution is -0.113. The van der Waals surface area contributed by atoms with E-state index in [9.17, 15) is 13.2 Å². The number of carbonyl (C=O) groups excluding carboxylic acids is 1. The lowest BCUT2D eigenvalue weighted by atomic mass is 10.2. The first-order chi connectivity index (χ1) is 11.0. The highest BCUT2D eigenvalue weighted by molar-refractivity contribution is 7.99. The van der Waals surface area contributed by atoms with Crippen LogP contribution in [0, 0.1) is 0 Å². The first-order valence-corrected chi connectivity index (χ1v) is 9.60. The van der Waals surface area contributed by atoms with Crippen molar-refractivity contribution in [1.82, 2.24) is 4.72 Å². The minimum Gasteiger partial charge on any atom is -0.325 e. The molecule has 0 aliphatic carbocycles. The average molecular weight is 350 g/mol. The molecule has 0 aliphatic rings. The minimum atomic E-state index is -3.46. The Morgan fingerprint density at radius 1 is 1.04 bits per heavy atom. The molecule has 1 amide bonds. The summed E-state index contributed by atoms with van der Waals surface area (Å²) in [5.41, 5.74) is 1.75. The molecule has 0 radical (unpaired) electrons. The maximum Gasteiger partial charge on any atom is 0.240 e. The third kappa shape index (κ3) is 5.38. The van der Waals surface area contributed by atoms with Crippen molar-refractivity contribution in [3.05, 3.63) is 60.2 Å². The summed E-state index contributed by atoms with van der Waals surface area (Å²) in [7, 11) is -2.10. The summed E-state index contributed by atoms with van der Waals surface area (Å²) >= 11 is 1.53. The van der Waals surface area contributed by atoms with Gasteiger partial charge in [0.25, 0.3) is 0 Å². The van der Waals surface area contributed by atoms with Crippen molar-refractivity contribution >= 4 is 33.4 Å². The van der Waals surface area contributed by atoms with Crippen LogP contribution in [0.25, 0.3) is 0 Å². The first kappa shape index (κ1) is 17.5. The average Bonchev–Trinajstić information content (AvgIpc) is 2.56. The summed E-state index contributed by atoms with van der Waals surface area (Å²) in [6.07, 6.45) is 0. The van der Waals surface area contributed by atoms with Crippen molar-refractivity contribution in [2.75, 3.05) is 18.1 Å². The molecular weight excluding hydrogens is 332 g/mol. The molecule has 2 N–H and O–H groups in total. The van der Waals surface area contributed by atoms with Crippen LogP contribution in [0.3, 0.4) is 0 Å². The van der Waals surface area contributed by atoms with Gasteiger partial charge in [0, 0.05) is 11.4 Å². The fourth-order valence-corrected chi connectivity index (χ4v) is 3.39. The monoisotopic (exact) mass is 350 g/mol. The predicted octanol–water partition coefficient (Wildman–Crippen LogP) is 2.47. The Labute approximate surface area is 140 Å². The number of benzene rings is 2. The highest BCUT2D eigenvalue weighted by Crippen LogP contribution is 2.15. The van der Waals surface area contributed by atoms with Crippen molar-refractivity contribution in [3.63, 3.8) is 0 Å². The largest absolute Gasteiger partial charge is 0.325 e. The molecule has 0 aromatic heterocycles. The second-order valence-electron chi connectivity index (χ2n) is 4.76. The zero-order chi connectivity index (χ0) is 16.7. The molecule has 7 heteroatoms. The Morgan fingerprint density at radius 3 is 2.30 bits per heavy atom. The van der Waals surface area contributed by atoms with Crippen molar-refractivity contribution < 1.29 is 13.2 Å². The fourth-order valence-electron chi connectivity index (χ4n) is 1.87. The molecule has 0 heterocycles. The number of nitrogens with one attached hydrogen (secondary N) is 2. The van der Waals surface area contributed by atoms with Crippen LogP contribution in [0.15, 0.2) is 59.5 Å². The summed E-state index contributed by atoms with van der Waals surface area (Å²) in [6.45, 7) is 0. The van der Waals surface area contributed by atoms with Crippen molar-refractivity contribution in [1.29, 1.82) is 0 Å². The number of anilines is 1. The molecule has 0 saturated carbocycles. The summed E-state index contributed by atoms with van der Waals surface area (Å²) in [4.78, 5) is 12.0. The topological polar surface area (TPSA) is 75.3 Å². The molecule has 0 atom stereocenters. The molecule has 0 bridgehead atoms. The Hall–Kier alpha value is -1.83. The molecule has 2 rings (SSSR count). The molecule has 2 aromatic carbocycles. The van der Waals surface area contributed by atoms with Gasteiger partial charge >= 0.3 is 0 Å². The predicted molar refractivity (Wildman–Crippen MR) is 93.9 cm³/mol. The number of sulfonamides is 1. The van der Waals surface area contributed by atoms with E-state index in [-0.39, 0.29) is 10.8 Å². The van der Waals surface area contributed by atoms with Gasteiger partial charge in [-0.2, -0.15) is 0 Å². The molecule has 0 aliphatic heterocycles. The molecular formula is C16H18N2O3S2. The quantitative estimate of drug-likeness (QED) is 0.804. The number of thioether (sulfide) groups is 1. The zero-order valence-electron chi connectivity index (χ0n) is 12.7. The molecule has 122 valence electrons. The van der Waals surface area contributed by atoms with Crippen molar-refractivity contribution in [2.45, 2.75) is 10.6 Å². The van der Waals surface area contributed by atoms with Gasteiger partial charge in [0.15, 0.2) is 0 Å². The SMILES string of the molecule is CNS(=O)(=O)c1ccc(NC(=O)CSCc2ccccc2)cc1. The number of carbonyl (C=O) groups is 1. The Kier molecular flexibility index (Phi) is 6.20. The van der Waals surface area contributed by atoms with Crippen LogP contribution in [-0.2, 0) is 20.6 Å². The van der Waals surface area contributed by atoms with Gasteiger partial charge in [-0.05, 0) is 36.9 Å². The van der Waals surface area contributed by atoms with E-state index < -0.39 is 10.0 Å². The van der Waals surface area contributed by atoms with Crippen LogP contribution in [0.1, 0.15) is 5.56 Å². The van der Waals surface area contributed by atoms with Gasteiger partial charge in [0.05, 0.1) is 10.6 Å². The standard InChI is InChI=1S/C16H18N2O3S2/c1-17-23(20,21)15-9-7-14(8-10-15)18-16(19)12-22-11-13-5-3-2-4-6-13/h2-10,17H,11-12H2,1H3,(H,18,19). The van der Waals surface area contributed by atoms with Crippen molar-refractivity contribution in [3.8, 4) is 0 Å². The van der Waals surface area contributed by atoms with Gasteiger partial charge in [0.2, 0.25) is 15.9 Å². The van der Waals surface area contributed by atoms with E-state index in [2.05, 4.69) is 10.0 Å². The lowest BCUT2D eigenvalue weighted by Crippen LogP contribution is -2.18. The maximum atomic E-state index is 11.9. The van der Waals surface area contributed by atoms with E-state index in [0.717, 1.165) is 5.75 Å². The van der Waals surface area contributed by atoms with Gasteiger partial charge in [-0.1, -0.05) is 30.3 Å². The summed E-state index contributed by atoms with van der Waals surface area (Å²) in [5.74, 6) is 0.995. The molecule has 23 heavy (non-hydrogen) atoms. The van der Waals surface area contributed by atoms with E-state index in [1.54, 1.807) is 12.1 Å². The highest BCUT2D eigenvalue weighted by Gasteiger charge is 2.11. The van der Waals surface area contributed by atoms with Gasteiger partial charge in [-0.25, -0.2) is 13.1 Å². The van der Waals surface area contributed by atoms with Crippen LogP contribution >= 0.6 is 11.8 Å². The second-order valence-corrected chi connectivity index (χ2v) is 7.63. The molecule has 0 saturated heterocycles. The Morgan fingerprint density at radius 2 is 1.70 bits per heavy atom. The zero-order valence-corrected chi connectivity index (χ0v) is 14.3. The number of rotatable bonds is 7. The van der Waals surface area contributed by atoms with E-state index >= 15 is 0 Å². The van der Waals surface area contributed by atoms with E-state index in [1.807, 2.05) is 30.3 Å². The van der Waals surface area contributed by atoms with E-state index in [1.165, 1.54) is 36.5 Å². The van der Waals surface area contributed by atoms with Crippen molar-refractivity contribution in [2.24, 2.45) is 0 Å². The first-order valence-electron chi connectivity index (χ1n) is 6.96. The smallest absolute Gasteiger partial charge is 0.240 e. The summed E-state index contributed by atoms with van der Waals surface area (Å²) in [6, 6.07) is 16.0. The van der Waals surface area contributed by atoms with E-state index in [0.29, 0.717) is 11.4 Å². The summed E-state index contributed by atoms with van der Waals surface area (Å²) in [5, 5.41) is 2.75. The molecule has 0 fully saturated rings. The van der Waals surface area contributed by atoms with Gasteiger partial charge in [-0.3, -0.25) is 4.79 Å². The van der Waals surface area contributed by atoms with Gasteiger partial charge < -0.3 is 5.32 Å². The molecule has 5 nitrogen and oxygen atoms in total. The lowest BCUT2D eigenvalue weighted by Gasteiger charge is -2.07. The molecule has 0 spiro atoms. The van der Waals surface area contributed by atoms with E-state index in [4.69, 9.17) is 0 Å². The Balaban J connectivity index is 1.83. The third-order valence-electron chi connectivity index (χ3n) is 3.06. The maximum absolute atomic E-state index is 11.9. The number of amides is 1. The highest BCUT2D eigenvalue weighted by atomic mass is 32.2. The van der Waals surface area contributed by atoms with Crippen LogP contribution in [0.5, 0.6) is 0 Å². The molecule has 2 aromatic rings. The van der Waals surface area contributed by atoms with Gasteiger partial charge in [0.1, 0.15) is 0 Å². The number of hydrogen-bond acceptors (Lipinski definition) is 4. The third-order valence-corrected chi connectivity index (χ3v) is 5.50. The number of hydrogen-bond donors (Lipinski definition) is 2. The van der Waals surface area contributed by atoms with Crippen LogP contribution in [0.2, 0.25) is 0 Å². The van der Waals surface area contributed by atoms with Crippen LogP contribution in [-0.4, -0.2) is 27.1 Å². The van der Waals surface area contributed by atoms with Crippen LogP contribution < -0.4 is 10.0 Å². The van der Waals surface area contributed by atoms with Crippen LogP contribution in [0.4, 0.5) is 5.69 Å². The second kappa shape index (κ2) is 8.14. The minimum absolute atomic E-state index is 0.116. The fraction of sp³-hybridized carbons (Fsp3) is 0.188.